The molecule has 1 aromatic carbocycles. The molecule has 0 amide bonds. The quantitative estimate of drug-likeness (QED) is 0.489. The zero-order chi connectivity index (χ0) is 20.8. The van der Waals surface area contributed by atoms with Crippen LogP contribution >= 0.6 is 0 Å². The SMILES string of the molecule is [B]C(B1O[C@@H]2C[C@@H]3CC(C3(C)C)[C@]2(C)O1)C(C=C)COCc1ccc(OC)cc1. The van der Waals surface area contributed by atoms with E-state index in [9.17, 15) is 0 Å². The predicted octanol–water partition coefficient (Wildman–Crippen LogP) is 4.24. The maximum Gasteiger partial charge on any atom is 0.452 e. The molecular weight excluding hydrogens is 362 g/mol. The maximum atomic E-state index is 6.57. The second-order valence-electron chi connectivity index (χ2n) is 9.68. The van der Waals surface area contributed by atoms with Crippen molar-refractivity contribution in [3.05, 3.63) is 42.5 Å². The van der Waals surface area contributed by atoms with Crippen molar-refractivity contribution in [3.63, 3.8) is 0 Å². The van der Waals surface area contributed by atoms with Gasteiger partial charge in [-0.1, -0.05) is 32.1 Å². The zero-order valence-corrected chi connectivity index (χ0v) is 18.1. The molecule has 1 aromatic rings. The van der Waals surface area contributed by atoms with Crippen molar-refractivity contribution in [3.8, 4) is 5.75 Å². The van der Waals surface area contributed by atoms with Crippen molar-refractivity contribution in [2.45, 2.75) is 57.6 Å². The summed E-state index contributed by atoms with van der Waals surface area (Å²) in [5.74, 6) is 2.06. The third kappa shape index (κ3) is 3.58. The van der Waals surface area contributed by atoms with Crippen LogP contribution in [0.3, 0.4) is 0 Å². The van der Waals surface area contributed by atoms with E-state index in [1.54, 1.807) is 7.11 Å². The van der Waals surface area contributed by atoms with Gasteiger partial charge in [0.2, 0.25) is 0 Å². The van der Waals surface area contributed by atoms with Crippen molar-refractivity contribution in [1.29, 1.82) is 0 Å². The van der Waals surface area contributed by atoms with Crippen LogP contribution in [0.1, 0.15) is 39.2 Å². The molecule has 1 heterocycles. The molecule has 6 atom stereocenters. The van der Waals surface area contributed by atoms with E-state index in [-0.39, 0.29) is 23.3 Å². The van der Waals surface area contributed by atoms with Gasteiger partial charge in [0.05, 0.1) is 39.9 Å². The van der Waals surface area contributed by atoms with E-state index in [4.69, 9.17) is 26.6 Å². The molecular formula is C23H32B2O4. The van der Waals surface area contributed by atoms with Gasteiger partial charge in [0, 0.05) is 0 Å². The highest BCUT2D eigenvalue weighted by Gasteiger charge is 2.68. The van der Waals surface area contributed by atoms with Gasteiger partial charge in [-0.2, -0.15) is 0 Å². The molecule has 0 spiro atoms. The first-order valence-electron chi connectivity index (χ1n) is 10.7. The van der Waals surface area contributed by atoms with Crippen molar-refractivity contribution in [2.75, 3.05) is 13.7 Å². The molecule has 0 aromatic heterocycles. The summed E-state index contributed by atoms with van der Waals surface area (Å²) >= 11 is 0. The molecule has 4 nitrogen and oxygen atoms in total. The first kappa shape index (κ1) is 21.0. The van der Waals surface area contributed by atoms with Crippen molar-refractivity contribution >= 4 is 15.0 Å². The Bertz CT molecular complexity index is 737. The summed E-state index contributed by atoms with van der Waals surface area (Å²) in [4.78, 5) is 0. The average molecular weight is 394 g/mol. The number of hydrogen-bond acceptors (Lipinski definition) is 4. The van der Waals surface area contributed by atoms with Gasteiger partial charge in [-0.25, -0.2) is 0 Å². The number of hydrogen-bond donors (Lipinski definition) is 0. The van der Waals surface area contributed by atoms with E-state index >= 15 is 0 Å². The number of ether oxygens (including phenoxy) is 2. The van der Waals surface area contributed by atoms with Crippen LogP contribution in [0.25, 0.3) is 0 Å². The van der Waals surface area contributed by atoms with Crippen LogP contribution in [-0.4, -0.2) is 40.4 Å². The fourth-order valence-electron chi connectivity index (χ4n) is 5.64. The molecule has 3 unspecified atom stereocenters. The van der Waals surface area contributed by atoms with Gasteiger partial charge in [-0.15, -0.1) is 6.58 Å². The third-order valence-electron chi connectivity index (χ3n) is 7.82. The monoisotopic (exact) mass is 394 g/mol. The molecule has 154 valence electrons. The van der Waals surface area contributed by atoms with Gasteiger partial charge < -0.3 is 18.8 Å². The molecule has 3 aliphatic carbocycles. The number of methoxy groups -OCH3 is 1. The summed E-state index contributed by atoms with van der Waals surface area (Å²) in [5, 5.41) is 0. The largest absolute Gasteiger partial charge is 0.497 e. The van der Waals surface area contributed by atoms with Crippen LogP contribution in [0.4, 0.5) is 0 Å². The zero-order valence-electron chi connectivity index (χ0n) is 18.1. The number of rotatable bonds is 8. The van der Waals surface area contributed by atoms with Crippen LogP contribution in [0, 0.1) is 23.2 Å². The van der Waals surface area contributed by atoms with E-state index in [1.807, 2.05) is 30.3 Å². The lowest BCUT2D eigenvalue weighted by Crippen LogP contribution is -2.65. The molecule has 1 aliphatic heterocycles. The van der Waals surface area contributed by atoms with Crippen LogP contribution in [-0.2, 0) is 20.7 Å². The Morgan fingerprint density at radius 1 is 1.28 bits per heavy atom. The molecule has 4 aliphatic rings. The van der Waals surface area contributed by atoms with Crippen LogP contribution < -0.4 is 4.74 Å². The highest BCUT2D eigenvalue weighted by molar-refractivity contribution is 6.57. The lowest BCUT2D eigenvalue weighted by atomic mass is 9.43. The second kappa shape index (κ2) is 7.79. The minimum absolute atomic E-state index is 0.0370. The lowest BCUT2D eigenvalue weighted by Gasteiger charge is -2.64. The Kier molecular flexibility index (Phi) is 5.65. The van der Waals surface area contributed by atoms with Gasteiger partial charge >= 0.3 is 7.12 Å². The molecule has 2 radical (unpaired) electrons. The van der Waals surface area contributed by atoms with Crippen molar-refractivity contribution in [2.24, 2.45) is 23.2 Å². The highest BCUT2D eigenvalue weighted by atomic mass is 16.7. The van der Waals surface area contributed by atoms with Crippen LogP contribution in [0.5, 0.6) is 5.75 Å². The summed E-state index contributed by atoms with van der Waals surface area (Å²) in [6.07, 6.45) is 4.30. The predicted molar refractivity (Wildman–Crippen MR) is 116 cm³/mol. The minimum Gasteiger partial charge on any atom is -0.497 e. The Morgan fingerprint density at radius 3 is 2.62 bits per heavy atom. The average Bonchev–Trinajstić information content (AvgIpc) is 3.08. The van der Waals surface area contributed by atoms with Crippen molar-refractivity contribution < 1.29 is 18.8 Å². The first-order chi connectivity index (χ1) is 13.8. The Balaban J connectivity index is 1.33. The summed E-state index contributed by atoms with van der Waals surface area (Å²) in [6, 6.07) is 7.88. The van der Waals surface area contributed by atoms with E-state index in [0.717, 1.165) is 23.7 Å². The Labute approximate surface area is 176 Å². The van der Waals surface area contributed by atoms with Gasteiger partial charge in [0.1, 0.15) is 5.75 Å². The fraction of sp³-hybridized carbons (Fsp3) is 0.652. The third-order valence-corrected chi connectivity index (χ3v) is 7.82. The van der Waals surface area contributed by atoms with Gasteiger partial charge in [0.15, 0.2) is 0 Å². The molecule has 6 heteroatoms. The van der Waals surface area contributed by atoms with Gasteiger partial charge in [0.25, 0.3) is 0 Å². The summed E-state index contributed by atoms with van der Waals surface area (Å²) in [6.45, 7) is 11.9. The molecule has 0 N–H and O–H groups in total. The molecule has 5 rings (SSSR count). The lowest BCUT2D eigenvalue weighted by molar-refractivity contribution is -0.199. The normalized spacial score (nSPS) is 34.1. The minimum atomic E-state index is -0.410. The Morgan fingerprint density at radius 2 is 2.00 bits per heavy atom. The summed E-state index contributed by atoms with van der Waals surface area (Å²) in [5.41, 5.74) is 0.880. The molecule has 4 fully saturated rings. The van der Waals surface area contributed by atoms with Gasteiger partial charge in [-0.3, -0.25) is 0 Å². The Hall–Kier alpha value is -1.23. The summed E-state index contributed by atoms with van der Waals surface area (Å²) in [7, 11) is 7.83. The smallest absolute Gasteiger partial charge is 0.452 e. The maximum absolute atomic E-state index is 6.57. The summed E-state index contributed by atoms with van der Waals surface area (Å²) < 4.78 is 24.0. The van der Waals surface area contributed by atoms with Gasteiger partial charge in [-0.05, 0) is 66.3 Å². The van der Waals surface area contributed by atoms with E-state index in [1.165, 1.54) is 6.42 Å². The van der Waals surface area contributed by atoms with E-state index in [0.29, 0.717) is 24.5 Å². The second-order valence-corrected chi connectivity index (χ2v) is 9.68. The molecule has 2 bridgehead atoms. The van der Waals surface area contributed by atoms with E-state index in [2.05, 4.69) is 27.4 Å². The van der Waals surface area contributed by atoms with Crippen LogP contribution in [0.2, 0.25) is 5.72 Å². The first-order valence-corrected chi connectivity index (χ1v) is 10.7. The standard InChI is InChI=1S/C23H32B2O4/c1-6-16(14-27-13-15-7-9-18(26-5)10-8-15)21(24)25-28-20-12-17-11-19(22(17,2)3)23(20,4)29-25/h6-10,16-17,19-21H,1,11-14H2,2-5H3/t16?,17-,19?,20+,21?,23-/m0/s1. The molecule has 3 saturated carbocycles. The van der Waals surface area contributed by atoms with Crippen molar-refractivity contribution in [1.82, 2.24) is 0 Å². The van der Waals surface area contributed by atoms with Crippen LogP contribution in [0.15, 0.2) is 36.9 Å². The highest BCUT2D eigenvalue weighted by Crippen LogP contribution is 2.66. The number of benzene rings is 1. The fourth-order valence-corrected chi connectivity index (χ4v) is 5.64. The topological polar surface area (TPSA) is 36.9 Å². The molecule has 1 saturated heterocycles. The molecule has 29 heavy (non-hydrogen) atoms. The van der Waals surface area contributed by atoms with E-state index < -0.39 is 7.12 Å².